The van der Waals surface area contributed by atoms with Crippen molar-refractivity contribution in [3.8, 4) is 0 Å². The van der Waals surface area contributed by atoms with E-state index in [0.29, 0.717) is 12.1 Å². The summed E-state index contributed by atoms with van der Waals surface area (Å²) in [6.45, 7) is 2.03. The standard InChI is InChI=1S/C22H28N8S/c1-27-13-15(11-23-27)18-5-3-8-29(18)21-20-17(7-10-31-20)25-22(26-21)30-9-4-6-19(30)16-12-24-28(2)14-16/h11-14,18-19H,3-10H2,1-2H3/t18-,19+/m1/s1. The van der Waals surface area contributed by atoms with E-state index in [9.17, 15) is 0 Å². The summed E-state index contributed by atoms with van der Waals surface area (Å²) >= 11 is 1.92. The fourth-order valence-electron chi connectivity index (χ4n) is 5.31. The molecule has 0 spiro atoms. The molecule has 0 saturated carbocycles. The average Bonchev–Trinajstić information content (AvgIpc) is 3.56. The fraction of sp³-hybridized carbons (Fsp3) is 0.545. The molecule has 2 saturated heterocycles. The Hall–Kier alpha value is -2.55. The van der Waals surface area contributed by atoms with E-state index in [1.54, 1.807) is 0 Å². The number of hydrogen-bond acceptors (Lipinski definition) is 7. The minimum atomic E-state index is 0.307. The third kappa shape index (κ3) is 3.30. The van der Waals surface area contributed by atoms with Crippen LogP contribution in [0.15, 0.2) is 29.7 Å². The molecule has 8 nitrogen and oxygen atoms in total. The Kier molecular flexibility index (Phi) is 4.66. The van der Waals surface area contributed by atoms with Crippen LogP contribution in [0.4, 0.5) is 11.8 Å². The van der Waals surface area contributed by atoms with Crippen molar-refractivity contribution < 1.29 is 0 Å². The van der Waals surface area contributed by atoms with Crippen LogP contribution in [0.25, 0.3) is 0 Å². The molecular formula is C22H28N8S. The summed E-state index contributed by atoms with van der Waals surface area (Å²) in [7, 11) is 3.97. The normalized spacial score (nSPS) is 23.2. The zero-order valence-corrected chi connectivity index (χ0v) is 18.9. The predicted octanol–water partition coefficient (Wildman–Crippen LogP) is 3.27. The van der Waals surface area contributed by atoms with Gasteiger partial charge in [0.05, 0.1) is 35.1 Å². The lowest BCUT2D eigenvalue weighted by molar-refractivity contribution is 0.678. The Morgan fingerprint density at radius 3 is 2.16 bits per heavy atom. The Morgan fingerprint density at radius 1 is 0.871 bits per heavy atom. The highest BCUT2D eigenvalue weighted by Gasteiger charge is 2.35. The first-order valence-electron chi connectivity index (χ1n) is 11.2. The van der Waals surface area contributed by atoms with Crippen LogP contribution in [0.1, 0.15) is 54.6 Å². The second-order valence-corrected chi connectivity index (χ2v) is 9.92. The van der Waals surface area contributed by atoms with E-state index >= 15 is 0 Å². The topological polar surface area (TPSA) is 67.9 Å². The van der Waals surface area contributed by atoms with Crippen LogP contribution < -0.4 is 9.80 Å². The van der Waals surface area contributed by atoms with Crippen molar-refractivity contribution in [2.24, 2.45) is 14.1 Å². The van der Waals surface area contributed by atoms with Crippen molar-refractivity contribution in [1.29, 1.82) is 0 Å². The van der Waals surface area contributed by atoms with Gasteiger partial charge in [-0.1, -0.05) is 0 Å². The highest BCUT2D eigenvalue weighted by molar-refractivity contribution is 7.99. The van der Waals surface area contributed by atoms with E-state index in [2.05, 4.69) is 32.4 Å². The molecule has 3 aliphatic rings. The minimum Gasteiger partial charge on any atom is -0.348 e. The first-order valence-corrected chi connectivity index (χ1v) is 12.2. The Balaban J connectivity index is 1.39. The molecule has 162 valence electrons. The molecule has 31 heavy (non-hydrogen) atoms. The van der Waals surface area contributed by atoms with Crippen molar-refractivity contribution in [3.63, 3.8) is 0 Å². The monoisotopic (exact) mass is 436 g/mol. The summed E-state index contributed by atoms with van der Waals surface area (Å²) in [5, 5.41) is 8.83. The maximum absolute atomic E-state index is 5.24. The van der Waals surface area contributed by atoms with Crippen LogP contribution in [0, 0.1) is 0 Å². The molecule has 3 aromatic rings. The van der Waals surface area contributed by atoms with Crippen LogP contribution >= 0.6 is 11.8 Å². The Bertz CT molecular complexity index is 1100. The van der Waals surface area contributed by atoms with Gasteiger partial charge in [0, 0.05) is 62.9 Å². The third-order valence-corrected chi connectivity index (χ3v) is 7.86. The number of nitrogens with zero attached hydrogens (tertiary/aromatic N) is 8. The lowest BCUT2D eigenvalue weighted by Crippen LogP contribution is -2.28. The number of thioether (sulfide) groups is 1. The fourth-order valence-corrected chi connectivity index (χ4v) is 6.41. The van der Waals surface area contributed by atoms with Gasteiger partial charge in [0.15, 0.2) is 0 Å². The van der Waals surface area contributed by atoms with E-state index in [1.807, 2.05) is 47.6 Å². The van der Waals surface area contributed by atoms with Gasteiger partial charge in [0.1, 0.15) is 5.82 Å². The van der Waals surface area contributed by atoms with E-state index in [0.717, 1.165) is 56.3 Å². The van der Waals surface area contributed by atoms with Crippen molar-refractivity contribution in [2.75, 3.05) is 28.6 Å². The molecule has 0 bridgehead atoms. The SMILES string of the molecule is Cn1cc([C@H]2CCCN2c2nc(N3CCC[C@H]3c3cnn(C)c3)nc3c2SCC3)cn1. The molecule has 0 aromatic carbocycles. The van der Waals surface area contributed by atoms with Crippen LogP contribution in [-0.4, -0.2) is 48.4 Å². The number of aromatic nitrogens is 6. The summed E-state index contributed by atoms with van der Waals surface area (Å²) in [5.41, 5.74) is 3.76. The molecule has 2 atom stereocenters. The van der Waals surface area contributed by atoms with E-state index in [4.69, 9.17) is 9.97 Å². The van der Waals surface area contributed by atoms with Gasteiger partial charge in [-0.2, -0.15) is 15.2 Å². The highest BCUT2D eigenvalue weighted by atomic mass is 32.2. The largest absolute Gasteiger partial charge is 0.348 e. The highest BCUT2D eigenvalue weighted by Crippen LogP contribution is 2.45. The van der Waals surface area contributed by atoms with Gasteiger partial charge in [-0.05, 0) is 25.7 Å². The summed E-state index contributed by atoms with van der Waals surface area (Å²) in [4.78, 5) is 16.5. The molecule has 6 rings (SSSR count). The molecule has 6 heterocycles. The van der Waals surface area contributed by atoms with Gasteiger partial charge in [0.2, 0.25) is 5.95 Å². The number of aryl methyl sites for hydroxylation is 3. The zero-order valence-electron chi connectivity index (χ0n) is 18.1. The Labute approximate surface area is 186 Å². The number of fused-ring (bicyclic) bond motifs is 1. The van der Waals surface area contributed by atoms with Crippen LogP contribution in [-0.2, 0) is 20.5 Å². The second-order valence-electron chi connectivity index (χ2n) is 8.82. The first-order chi connectivity index (χ1) is 15.2. The van der Waals surface area contributed by atoms with E-state index < -0.39 is 0 Å². The Morgan fingerprint density at radius 2 is 1.52 bits per heavy atom. The van der Waals surface area contributed by atoms with E-state index in [-0.39, 0.29) is 0 Å². The molecule has 0 N–H and O–H groups in total. The quantitative estimate of drug-likeness (QED) is 0.622. The molecule has 0 radical (unpaired) electrons. The van der Waals surface area contributed by atoms with Crippen molar-refractivity contribution in [2.45, 2.75) is 49.1 Å². The van der Waals surface area contributed by atoms with Crippen LogP contribution in [0.2, 0.25) is 0 Å². The lowest BCUT2D eigenvalue weighted by atomic mass is 10.1. The maximum Gasteiger partial charge on any atom is 0.228 e. The number of anilines is 2. The summed E-state index contributed by atoms with van der Waals surface area (Å²) in [6, 6.07) is 0.649. The van der Waals surface area contributed by atoms with Gasteiger partial charge in [-0.15, -0.1) is 11.8 Å². The molecule has 3 aromatic heterocycles. The van der Waals surface area contributed by atoms with E-state index in [1.165, 1.54) is 28.1 Å². The van der Waals surface area contributed by atoms with Crippen LogP contribution in [0.3, 0.4) is 0 Å². The van der Waals surface area contributed by atoms with Crippen molar-refractivity contribution in [1.82, 2.24) is 29.5 Å². The molecule has 0 unspecified atom stereocenters. The molecule has 0 amide bonds. The molecule has 9 heteroatoms. The smallest absolute Gasteiger partial charge is 0.228 e. The zero-order chi connectivity index (χ0) is 20.9. The van der Waals surface area contributed by atoms with Gasteiger partial charge in [-0.25, -0.2) is 4.98 Å². The number of rotatable bonds is 4. The van der Waals surface area contributed by atoms with Gasteiger partial charge < -0.3 is 9.80 Å². The second kappa shape index (κ2) is 7.55. The van der Waals surface area contributed by atoms with Gasteiger partial charge in [-0.3, -0.25) is 9.36 Å². The van der Waals surface area contributed by atoms with Crippen LogP contribution in [0.5, 0.6) is 0 Å². The first kappa shape index (κ1) is 19.2. The summed E-state index contributed by atoms with van der Waals surface area (Å²) in [5.74, 6) is 3.11. The van der Waals surface area contributed by atoms with Crippen molar-refractivity contribution in [3.05, 3.63) is 41.6 Å². The average molecular weight is 437 g/mol. The predicted molar refractivity (Wildman–Crippen MR) is 122 cm³/mol. The van der Waals surface area contributed by atoms with Crippen molar-refractivity contribution >= 4 is 23.5 Å². The lowest BCUT2D eigenvalue weighted by Gasteiger charge is -2.29. The van der Waals surface area contributed by atoms with Gasteiger partial charge in [0.25, 0.3) is 0 Å². The minimum absolute atomic E-state index is 0.307. The molecule has 0 aliphatic carbocycles. The molecule has 2 fully saturated rings. The molecule has 3 aliphatic heterocycles. The molecular weight excluding hydrogens is 408 g/mol. The number of hydrogen-bond donors (Lipinski definition) is 0. The summed E-state index contributed by atoms with van der Waals surface area (Å²) in [6.07, 6.45) is 13.9. The third-order valence-electron chi connectivity index (χ3n) is 6.75. The van der Waals surface area contributed by atoms with Gasteiger partial charge >= 0.3 is 0 Å². The maximum atomic E-state index is 5.24. The summed E-state index contributed by atoms with van der Waals surface area (Å²) < 4.78 is 3.79.